The van der Waals surface area contributed by atoms with E-state index in [-0.39, 0.29) is 17.0 Å². The zero-order valence-electron chi connectivity index (χ0n) is 11.2. The maximum atomic E-state index is 12.9. The second kappa shape index (κ2) is 6.37. The molecular formula is C13H8ClF4N3O2. The van der Waals surface area contributed by atoms with Crippen molar-refractivity contribution in [3.8, 4) is 11.4 Å². The first-order valence-electron chi connectivity index (χ1n) is 6.00. The molecule has 0 aliphatic carbocycles. The molecule has 0 saturated heterocycles. The molecule has 10 heteroatoms. The Hall–Kier alpha value is -2.42. The maximum absolute atomic E-state index is 12.9. The van der Waals surface area contributed by atoms with Gasteiger partial charge in [0, 0.05) is 23.4 Å². The van der Waals surface area contributed by atoms with Gasteiger partial charge in [-0.15, -0.1) is 5.10 Å². The number of alkyl halides is 4. The smallest absolute Gasteiger partial charge is 0.417 e. The molecule has 1 aromatic carbocycles. The van der Waals surface area contributed by atoms with Crippen molar-refractivity contribution in [3.63, 3.8) is 0 Å². The molecule has 122 valence electrons. The highest BCUT2D eigenvalue weighted by Crippen LogP contribution is 2.39. The number of carboxylic acids is 1. The Kier molecular flexibility index (Phi) is 4.69. The molecule has 0 aliphatic rings. The summed E-state index contributed by atoms with van der Waals surface area (Å²) in [6, 6.07) is 1.82. The summed E-state index contributed by atoms with van der Waals surface area (Å²) in [5, 5.41) is 11.6. The third-order valence-corrected chi connectivity index (χ3v) is 3.18. The normalized spacial score (nSPS) is 12.0. The average Bonchev–Trinajstić information content (AvgIpc) is 2.93. The predicted octanol–water partition coefficient (Wildman–Crippen LogP) is 3.64. The van der Waals surface area contributed by atoms with Gasteiger partial charge in [-0.3, -0.25) is 0 Å². The minimum absolute atomic E-state index is 0.0862. The highest BCUT2D eigenvalue weighted by Gasteiger charge is 2.35. The average molecular weight is 350 g/mol. The Bertz CT molecular complexity index is 771. The first kappa shape index (κ1) is 16.9. The fourth-order valence-electron chi connectivity index (χ4n) is 1.74. The van der Waals surface area contributed by atoms with E-state index in [4.69, 9.17) is 16.7 Å². The van der Waals surface area contributed by atoms with Crippen molar-refractivity contribution in [2.75, 3.05) is 0 Å². The van der Waals surface area contributed by atoms with Crippen LogP contribution in [0.1, 0.15) is 11.1 Å². The van der Waals surface area contributed by atoms with E-state index in [0.717, 1.165) is 29.4 Å². The number of rotatable bonds is 4. The summed E-state index contributed by atoms with van der Waals surface area (Å²) in [6.45, 7) is -1.19. The van der Waals surface area contributed by atoms with E-state index in [0.29, 0.717) is 6.07 Å². The quantitative estimate of drug-likeness (QED) is 0.676. The molecule has 0 aliphatic heterocycles. The Morgan fingerprint density at radius 1 is 1.39 bits per heavy atom. The molecule has 1 N–H and O–H groups in total. The molecule has 5 nitrogen and oxygen atoms in total. The molecule has 0 saturated carbocycles. The highest BCUT2D eigenvalue weighted by atomic mass is 35.5. The molecule has 0 amide bonds. The van der Waals surface area contributed by atoms with E-state index in [1.54, 1.807) is 0 Å². The SMILES string of the molecule is O=C(O)/C=C\n1cnc(-c2cc(CF)c(Cl)c(C(F)(F)F)c2)n1. The van der Waals surface area contributed by atoms with Gasteiger partial charge in [0.25, 0.3) is 0 Å². The topological polar surface area (TPSA) is 68.0 Å². The number of nitrogens with zero attached hydrogens (tertiary/aromatic N) is 3. The molecule has 0 radical (unpaired) electrons. The Labute approximate surface area is 131 Å². The fourth-order valence-corrected chi connectivity index (χ4v) is 2.00. The third kappa shape index (κ3) is 3.86. The molecule has 2 rings (SSSR count). The van der Waals surface area contributed by atoms with Crippen LogP contribution < -0.4 is 0 Å². The summed E-state index contributed by atoms with van der Waals surface area (Å²) in [6.07, 6.45) is -1.83. The van der Waals surface area contributed by atoms with Crippen molar-refractivity contribution >= 4 is 23.8 Å². The first-order valence-corrected chi connectivity index (χ1v) is 6.38. The number of carboxylic acid groups (broad SMARTS) is 1. The van der Waals surface area contributed by atoms with E-state index in [1.165, 1.54) is 0 Å². The van der Waals surface area contributed by atoms with Crippen LogP contribution in [0, 0.1) is 0 Å². The van der Waals surface area contributed by atoms with Gasteiger partial charge in [0.1, 0.15) is 13.0 Å². The van der Waals surface area contributed by atoms with Crippen LogP contribution in [0.25, 0.3) is 17.6 Å². The van der Waals surface area contributed by atoms with Gasteiger partial charge in [-0.05, 0) is 12.1 Å². The van der Waals surface area contributed by atoms with Gasteiger partial charge >= 0.3 is 12.1 Å². The van der Waals surface area contributed by atoms with Gasteiger partial charge in [0.05, 0.1) is 10.6 Å². The monoisotopic (exact) mass is 349 g/mol. The summed E-state index contributed by atoms with van der Waals surface area (Å²) in [4.78, 5) is 14.2. The molecule has 0 spiro atoms. The first-order chi connectivity index (χ1) is 10.7. The van der Waals surface area contributed by atoms with Crippen LogP contribution in [-0.2, 0) is 17.6 Å². The Morgan fingerprint density at radius 3 is 2.65 bits per heavy atom. The van der Waals surface area contributed by atoms with Gasteiger partial charge in [0.2, 0.25) is 0 Å². The van der Waals surface area contributed by atoms with Crippen molar-refractivity contribution in [1.82, 2.24) is 14.8 Å². The lowest BCUT2D eigenvalue weighted by Crippen LogP contribution is -2.08. The number of hydrogen-bond acceptors (Lipinski definition) is 3. The van der Waals surface area contributed by atoms with Crippen LogP contribution in [0.2, 0.25) is 5.02 Å². The van der Waals surface area contributed by atoms with Crippen molar-refractivity contribution in [2.24, 2.45) is 0 Å². The summed E-state index contributed by atoms with van der Waals surface area (Å²) in [5.74, 6) is -1.36. The largest absolute Gasteiger partial charge is 0.478 e. The fraction of sp³-hybridized carbons (Fsp3) is 0.154. The molecule has 0 fully saturated rings. The molecule has 0 atom stereocenters. The lowest BCUT2D eigenvalue weighted by Gasteiger charge is -2.12. The minimum atomic E-state index is -4.76. The third-order valence-electron chi connectivity index (χ3n) is 2.73. The lowest BCUT2D eigenvalue weighted by atomic mass is 10.1. The van der Waals surface area contributed by atoms with Crippen molar-refractivity contribution < 1.29 is 27.5 Å². The van der Waals surface area contributed by atoms with Crippen LogP contribution in [0.5, 0.6) is 0 Å². The number of hydrogen-bond donors (Lipinski definition) is 1. The van der Waals surface area contributed by atoms with Crippen molar-refractivity contribution in [1.29, 1.82) is 0 Å². The zero-order valence-corrected chi connectivity index (χ0v) is 11.9. The van der Waals surface area contributed by atoms with Crippen LogP contribution in [0.4, 0.5) is 17.6 Å². The number of halogens is 5. The Morgan fingerprint density at radius 2 is 2.09 bits per heavy atom. The van der Waals surface area contributed by atoms with Crippen LogP contribution in [0.3, 0.4) is 0 Å². The molecule has 23 heavy (non-hydrogen) atoms. The molecule has 0 unspecified atom stereocenters. The van der Waals surface area contributed by atoms with Crippen LogP contribution in [-0.4, -0.2) is 25.8 Å². The van der Waals surface area contributed by atoms with Gasteiger partial charge in [0.15, 0.2) is 5.82 Å². The lowest BCUT2D eigenvalue weighted by molar-refractivity contribution is -0.137. The van der Waals surface area contributed by atoms with Crippen molar-refractivity contribution in [3.05, 3.63) is 40.7 Å². The number of carbonyl (C=O) groups is 1. The Balaban J connectivity index is 2.50. The maximum Gasteiger partial charge on any atom is 0.417 e. The molecular weight excluding hydrogens is 342 g/mol. The summed E-state index contributed by atoms with van der Waals surface area (Å²) in [7, 11) is 0. The van der Waals surface area contributed by atoms with Crippen LogP contribution in [0.15, 0.2) is 24.5 Å². The van der Waals surface area contributed by atoms with E-state index in [9.17, 15) is 22.4 Å². The molecule has 1 aromatic heterocycles. The van der Waals surface area contributed by atoms with E-state index >= 15 is 0 Å². The van der Waals surface area contributed by atoms with Crippen LogP contribution >= 0.6 is 11.6 Å². The van der Waals surface area contributed by atoms with E-state index in [2.05, 4.69) is 10.1 Å². The predicted molar refractivity (Wildman–Crippen MR) is 73.2 cm³/mol. The highest BCUT2D eigenvalue weighted by molar-refractivity contribution is 6.32. The van der Waals surface area contributed by atoms with Gasteiger partial charge in [-0.1, -0.05) is 11.6 Å². The van der Waals surface area contributed by atoms with Gasteiger partial charge in [-0.25, -0.2) is 18.9 Å². The van der Waals surface area contributed by atoms with Crippen molar-refractivity contribution in [2.45, 2.75) is 12.9 Å². The molecule has 0 bridgehead atoms. The number of benzene rings is 1. The number of aliphatic carboxylic acids is 1. The zero-order chi connectivity index (χ0) is 17.2. The summed E-state index contributed by atoms with van der Waals surface area (Å²) in [5.41, 5.74) is -1.62. The standard InChI is InChI=1S/C13H8ClF4N3O2/c14-11-8(5-15)3-7(4-9(11)13(16,17)18)12-19-6-21(20-12)2-1-10(22)23/h1-4,6H,5H2,(H,22,23)/b2-1-. The molecule has 1 heterocycles. The van der Waals surface area contributed by atoms with Gasteiger partial charge in [-0.2, -0.15) is 13.2 Å². The number of aromatic nitrogens is 3. The van der Waals surface area contributed by atoms with E-state index in [1.807, 2.05) is 0 Å². The summed E-state index contributed by atoms with van der Waals surface area (Å²) < 4.78 is 52.7. The second-order valence-electron chi connectivity index (χ2n) is 4.33. The minimum Gasteiger partial charge on any atom is -0.478 e. The van der Waals surface area contributed by atoms with E-state index < -0.39 is 29.4 Å². The second-order valence-corrected chi connectivity index (χ2v) is 4.71. The summed E-state index contributed by atoms with van der Waals surface area (Å²) >= 11 is 5.56. The molecule has 2 aromatic rings. The van der Waals surface area contributed by atoms with Gasteiger partial charge < -0.3 is 5.11 Å².